The summed E-state index contributed by atoms with van der Waals surface area (Å²) >= 11 is 6.00. The van der Waals surface area contributed by atoms with Gasteiger partial charge in [0, 0.05) is 43.3 Å². The van der Waals surface area contributed by atoms with Crippen LogP contribution in [0.2, 0.25) is 5.02 Å². The summed E-state index contributed by atoms with van der Waals surface area (Å²) in [5, 5.41) is 9.95. The molecular weight excluding hydrogens is 350 g/mol. The van der Waals surface area contributed by atoms with Crippen molar-refractivity contribution in [3.05, 3.63) is 52.5 Å². The molecule has 1 aliphatic heterocycles. The van der Waals surface area contributed by atoms with Gasteiger partial charge < -0.3 is 14.4 Å². The zero-order valence-electron chi connectivity index (χ0n) is 15.0. The van der Waals surface area contributed by atoms with Crippen molar-refractivity contribution in [2.24, 2.45) is 0 Å². The standard InChI is InChI=1S/C20H22ClN3O2/c1-25-18-4-6-20(26-2)16(12-18)14-23-7-9-24(10-8-23)19-5-3-17(21)11-15(19)13-22/h3-6,11-12H,7-10,14H2,1-2H3. The molecule has 0 atom stereocenters. The molecule has 1 fully saturated rings. The molecule has 0 aromatic heterocycles. The van der Waals surface area contributed by atoms with Crippen LogP contribution in [0, 0.1) is 11.3 Å². The molecule has 0 N–H and O–H groups in total. The first-order valence-corrected chi connectivity index (χ1v) is 8.90. The van der Waals surface area contributed by atoms with Gasteiger partial charge in [-0.15, -0.1) is 0 Å². The molecule has 0 saturated carbocycles. The predicted octanol–water partition coefficient (Wildman–Crippen LogP) is 3.55. The number of nitriles is 1. The van der Waals surface area contributed by atoms with E-state index in [4.69, 9.17) is 21.1 Å². The Morgan fingerprint density at radius 1 is 1.04 bits per heavy atom. The summed E-state index contributed by atoms with van der Waals surface area (Å²) in [6.07, 6.45) is 0. The Bertz CT molecular complexity index is 811. The third kappa shape index (κ3) is 4.04. The zero-order chi connectivity index (χ0) is 18.5. The molecule has 0 unspecified atom stereocenters. The second kappa shape index (κ2) is 8.31. The summed E-state index contributed by atoms with van der Waals surface area (Å²) in [7, 11) is 3.36. The molecule has 0 radical (unpaired) electrons. The molecule has 26 heavy (non-hydrogen) atoms. The van der Waals surface area contributed by atoms with E-state index in [9.17, 15) is 5.26 Å². The number of rotatable bonds is 5. The number of ether oxygens (including phenoxy) is 2. The van der Waals surface area contributed by atoms with E-state index in [0.717, 1.165) is 55.5 Å². The maximum atomic E-state index is 9.36. The largest absolute Gasteiger partial charge is 0.497 e. The van der Waals surface area contributed by atoms with Crippen LogP contribution >= 0.6 is 11.6 Å². The van der Waals surface area contributed by atoms with Gasteiger partial charge in [0.05, 0.1) is 25.5 Å². The van der Waals surface area contributed by atoms with Crippen molar-refractivity contribution in [3.8, 4) is 17.6 Å². The zero-order valence-corrected chi connectivity index (χ0v) is 15.8. The smallest absolute Gasteiger partial charge is 0.123 e. The van der Waals surface area contributed by atoms with E-state index < -0.39 is 0 Å². The average molecular weight is 372 g/mol. The van der Waals surface area contributed by atoms with Crippen LogP contribution < -0.4 is 14.4 Å². The number of hydrogen-bond acceptors (Lipinski definition) is 5. The van der Waals surface area contributed by atoms with Crippen molar-refractivity contribution in [1.82, 2.24) is 4.90 Å². The number of hydrogen-bond donors (Lipinski definition) is 0. The highest BCUT2D eigenvalue weighted by Crippen LogP contribution is 2.27. The first-order valence-electron chi connectivity index (χ1n) is 8.52. The highest BCUT2D eigenvalue weighted by molar-refractivity contribution is 6.30. The molecule has 6 heteroatoms. The minimum Gasteiger partial charge on any atom is -0.497 e. The Labute approximate surface area is 159 Å². The van der Waals surface area contributed by atoms with Crippen LogP contribution in [0.15, 0.2) is 36.4 Å². The van der Waals surface area contributed by atoms with E-state index in [-0.39, 0.29) is 0 Å². The number of benzene rings is 2. The number of anilines is 1. The van der Waals surface area contributed by atoms with E-state index in [1.54, 1.807) is 20.3 Å². The quantitative estimate of drug-likeness (QED) is 0.804. The lowest BCUT2D eigenvalue weighted by Crippen LogP contribution is -2.46. The highest BCUT2D eigenvalue weighted by Gasteiger charge is 2.20. The van der Waals surface area contributed by atoms with Gasteiger partial charge in [-0.3, -0.25) is 4.90 Å². The molecule has 5 nitrogen and oxygen atoms in total. The van der Waals surface area contributed by atoms with Crippen molar-refractivity contribution in [1.29, 1.82) is 5.26 Å². The van der Waals surface area contributed by atoms with E-state index in [2.05, 4.69) is 15.9 Å². The predicted molar refractivity (Wildman–Crippen MR) is 103 cm³/mol. The van der Waals surface area contributed by atoms with Gasteiger partial charge in [-0.25, -0.2) is 0 Å². The fraction of sp³-hybridized carbons (Fsp3) is 0.350. The summed E-state index contributed by atoms with van der Waals surface area (Å²) in [5.74, 6) is 1.71. The monoisotopic (exact) mass is 371 g/mol. The Morgan fingerprint density at radius 3 is 2.46 bits per heavy atom. The summed E-state index contributed by atoms with van der Waals surface area (Å²) in [6.45, 7) is 4.35. The topological polar surface area (TPSA) is 48.7 Å². The minimum absolute atomic E-state index is 0.592. The maximum absolute atomic E-state index is 9.36. The van der Waals surface area contributed by atoms with E-state index in [1.165, 1.54) is 0 Å². The van der Waals surface area contributed by atoms with Crippen LogP contribution in [0.1, 0.15) is 11.1 Å². The molecule has 0 aliphatic carbocycles. The molecule has 1 aliphatic rings. The average Bonchev–Trinajstić information content (AvgIpc) is 2.68. The van der Waals surface area contributed by atoms with Crippen molar-refractivity contribution in [3.63, 3.8) is 0 Å². The van der Waals surface area contributed by atoms with Crippen LogP contribution in [0.25, 0.3) is 0 Å². The van der Waals surface area contributed by atoms with Crippen LogP contribution in [0.5, 0.6) is 11.5 Å². The van der Waals surface area contributed by atoms with Crippen molar-refractivity contribution >= 4 is 17.3 Å². The minimum atomic E-state index is 0.592. The van der Waals surface area contributed by atoms with Gasteiger partial charge in [-0.1, -0.05) is 11.6 Å². The Morgan fingerprint density at radius 2 is 1.81 bits per heavy atom. The van der Waals surface area contributed by atoms with E-state index >= 15 is 0 Å². The van der Waals surface area contributed by atoms with Gasteiger partial charge in [0.15, 0.2) is 0 Å². The van der Waals surface area contributed by atoms with E-state index in [0.29, 0.717) is 10.6 Å². The molecule has 2 aromatic rings. The molecule has 0 amide bonds. The van der Waals surface area contributed by atoms with Gasteiger partial charge in [-0.05, 0) is 36.4 Å². The summed E-state index contributed by atoms with van der Waals surface area (Å²) in [6, 6.07) is 13.6. The molecule has 1 heterocycles. The lowest BCUT2D eigenvalue weighted by Gasteiger charge is -2.36. The number of halogens is 1. The third-order valence-corrected chi connectivity index (χ3v) is 4.91. The van der Waals surface area contributed by atoms with Crippen LogP contribution in [-0.4, -0.2) is 45.3 Å². The van der Waals surface area contributed by atoms with Gasteiger partial charge in [-0.2, -0.15) is 5.26 Å². The van der Waals surface area contributed by atoms with E-state index in [1.807, 2.05) is 30.3 Å². The molecule has 2 aromatic carbocycles. The third-order valence-electron chi connectivity index (χ3n) is 4.67. The first-order chi connectivity index (χ1) is 12.6. The normalized spacial score (nSPS) is 14.8. The van der Waals surface area contributed by atoms with Gasteiger partial charge in [0.1, 0.15) is 17.6 Å². The highest BCUT2D eigenvalue weighted by atomic mass is 35.5. The van der Waals surface area contributed by atoms with Gasteiger partial charge in [0.25, 0.3) is 0 Å². The van der Waals surface area contributed by atoms with Crippen LogP contribution in [-0.2, 0) is 6.54 Å². The fourth-order valence-electron chi connectivity index (χ4n) is 3.27. The van der Waals surface area contributed by atoms with Crippen LogP contribution in [0.4, 0.5) is 5.69 Å². The second-order valence-electron chi connectivity index (χ2n) is 6.21. The molecule has 136 valence electrons. The maximum Gasteiger partial charge on any atom is 0.123 e. The van der Waals surface area contributed by atoms with Crippen LogP contribution in [0.3, 0.4) is 0 Å². The molecule has 3 rings (SSSR count). The number of methoxy groups -OCH3 is 2. The molecular formula is C20H22ClN3O2. The van der Waals surface area contributed by atoms with Crippen molar-refractivity contribution in [2.45, 2.75) is 6.54 Å². The first kappa shape index (κ1) is 18.4. The van der Waals surface area contributed by atoms with Gasteiger partial charge in [0.2, 0.25) is 0 Å². The molecule has 0 bridgehead atoms. The molecule has 1 saturated heterocycles. The van der Waals surface area contributed by atoms with Crippen molar-refractivity contribution < 1.29 is 9.47 Å². The Hall–Kier alpha value is -2.42. The summed E-state index contributed by atoms with van der Waals surface area (Å²) in [5.41, 5.74) is 2.69. The summed E-state index contributed by atoms with van der Waals surface area (Å²) in [4.78, 5) is 4.63. The number of nitrogens with zero attached hydrogens (tertiary/aromatic N) is 3. The SMILES string of the molecule is COc1ccc(OC)c(CN2CCN(c3ccc(Cl)cc3C#N)CC2)c1. The molecule has 0 spiro atoms. The Kier molecular flexibility index (Phi) is 5.87. The lowest BCUT2D eigenvalue weighted by molar-refractivity contribution is 0.245. The fourth-order valence-corrected chi connectivity index (χ4v) is 3.44. The number of piperazine rings is 1. The lowest BCUT2D eigenvalue weighted by atomic mass is 10.1. The second-order valence-corrected chi connectivity index (χ2v) is 6.65. The summed E-state index contributed by atoms with van der Waals surface area (Å²) < 4.78 is 10.8. The Balaban J connectivity index is 1.67. The van der Waals surface area contributed by atoms with Crippen molar-refractivity contribution in [2.75, 3.05) is 45.3 Å². The van der Waals surface area contributed by atoms with Gasteiger partial charge >= 0.3 is 0 Å².